The zero-order valence-corrected chi connectivity index (χ0v) is 14.7. The zero-order valence-electron chi connectivity index (χ0n) is 13.9. The molecule has 0 bridgehead atoms. The molecule has 1 aromatic heterocycles. The summed E-state index contributed by atoms with van der Waals surface area (Å²) in [6.07, 6.45) is 2.60. The first kappa shape index (κ1) is 18.3. The molecule has 0 aliphatic carbocycles. The van der Waals surface area contributed by atoms with E-state index in [0.717, 1.165) is 12.1 Å². The minimum absolute atomic E-state index is 0.0164. The lowest BCUT2D eigenvalue weighted by molar-refractivity contribution is -0.120. The first-order chi connectivity index (χ1) is 12.4. The second-order valence-electron chi connectivity index (χ2n) is 6.12. The highest BCUT2D eigenvalue weighted by Crippen LogP contribution is 2.25. The third kappa shape index (κ3) is 4.00. The molecular formula is C17H19FN4O3S. The van der Waals surface area contributed by atoms with Gasteiger partial charge in [0.15, 0.2) is 0 Å². The average molecular weight is 378 g/mol. The van der Waals surface area contributed by atoms with Gasteiger partial charge in [-0.3, -0.25) is 4.79 Å². The predicted octanol–water partition coefficient (Wildman–Crippen LogP) is 1.84. The number of hydrogen-bond donors (Lipinski definition) is 2. The van der Waals surface area contributed by atoms with Crippen LogP contribution in [0, 0.1) is 11.7 Å². The molecule has 1 aliphatic rings. The van der Waals surface area contributed by atoms with E-state index in [1.807, 2.05) is 0 Å². The number of nitrogens with one attached hydrogen (secondary N) is 1. The number of sulfonamides is 1. The van der Waals surface area contributed by atoms with E-state index in [-0.39, 0.29) is 17.3 Å². The van der Waals surface area contributed by atoms with Crippen LogP contribution in [0.15, 0.2) is 47.5 Å². The Morgan fingerprint density at radius 2 is 1.96 bits per heavy atom. The first-order valence-corrected chi connectivity index (χ1v) is 9.58. The summed E-state index contributed by atoms with van der Waals surface area (Å²) < 4.78 is 39.7. The summed E-state index contributed by atoms with van der Waals surface area (Å²) in [4.78, 5) is 16.4. The van der Waals surface area contributed by atoms with E-state index in [4.69, 9.17) is 5.73 Å². The maximum absolute atomic E-state index is 13.0. The van der Waals surface area contributed by atoms with Crippen LogP contribution in [-0.4, -0.2) is 36.7 Å². The van der Waals surface area contributed by atoms with Gasteiger partial charge in [0.05, 0.1) is 22.7 Å². The molecule has 1 amide bonds. The summed E-state index contributed by atoms with van der Waals surface area (Å²) >= 11 is 0. The third-order valence-corrected chi connectivity index (χ3v) is 6.14. The summed E-state index contributed by atoms with van der Waals surface area (Å²) in [7, 11) is -3.77. The van der Waals surface area contributed by atoms with Gasteiger partial charge in [-0.05, 0) is 49.2 Å². The second-order valence-corrected chi connectivity index (χ2v) is 8.06. The number of pyridine rings is 1. The number of anilines is 2. The van der Waals surface area contributed by atoms with Crippen LogP contribution >= 0.6 is 0 Å². The molecule has 1 aliphatic heterocycles. The Labute approximate surface area is 151 Å². The molecule has 0 spiro atoms. The van der Waals surface area contributed by atoms with Gasteiger partial charge < -0.3 is 11.1 Å². The number of carbonyl (C=O) groups excluding carboxylic acids is 1. The Morgan fingerprint density at radius 1 is 1.23 bits per heavy atom. The Hall–Kier alpha value is -2.52. The molecule has 7 nitrogen and oxygen atoms in total. The quantitative estimate of drug-likeness (QED) is 0.845. The van der Waals surface area contributed by atoms with Crippen LogP contribution in [0.5, 0.6) is 0 Å². The zero-order chi connectivity index (χ0) is 18.7. The maximum Gasteiger partial charge on any atom is 0.243 e. The fourth-order valence-electron chi connectivity index (χ4n) is 2.85. The van der Waals surface area contributed by atoms with Crippen molar-refractivity contribution in [1.82, 2.24) is 9.29 Å². The average Bonchev–Trinajstić information content (AvgIpc) is 2.64. The van der Waals surface area contributed by atoms with Gasteiger partial charge in [0.25, 0.3) is 0 Å². The van der Waals surface area contributed by atoms with E-state index >= 15 is 0 Å². The van der Waals surface area contributed by atoms with Gasteiger partial charge in [-0.1, -0.05) is 0 Å². The molecular weight excluding hydrogens is 359 g/mol. The lowest BCUT2D eigenvalue weighted by Gasteiger charge is -2.31. The molecule has 1 aromatic carbocycles. The van der Waals surface area contributed by atoms with E-state index in [9.17, 15) is 17.6 Å². The number of rotatable bonds is 4. The lowest BCUT2D eigenvalue weighted by Crippen LogP contribution is -2.43. The molecule has 2 aromatic rings. The van der Waals surface area contributed by atoms with Crippen molar-refractivity contribution >= 4 is 27.4 Å². The summed E-state index contributed by atoms with van der Waals surface area (Å²) in [6, 6.07) is 7.88. The number of aromatic nitrogens is 1. The van der Waals surface area contributed by atoms with Gasteiger partial charge in [-0.15, -0.1) is 0 Å². The number of benzene rings is 1. The van der Waals surface area contributed by atoms with Gasteiger partial charge in [0.1, 0.15) is 11.6 Å². The summed E-state index contributed by atoms with van der Waals surface area (Å²) in [6.45, 7) is 0.404. The van der Waals surface area contributed by atoms with Crippen LogP contribution in [-0.2, 0) is 14.8 Å². The van der Waals surface area contributed by atoms with Crippen molar-refractivity contribution in [3.8, 4) is 0 Å². The van der Waals surface area contributed by atoms with Crippen molar-refractivity contribution in [2.75, 3.05) is 24.1 Å². The highest BCUT2D eigenvalue weighted by atomic mass is 32.2. The van der Waals surface area contributed by atoms with Crippen molar-refractivity contribution in [3.05, 3.63) is 48.4 Å². The van der Waals surface area contributed by atoms with Gasteiger partial charge in [-0.25, -0.2) is 17.8 Å². The minimum atomic E-state index is -3.77. The van der Waals surface area contributed by atoms with E-state index in [2.05, 4.69) is 10.3 Å². The van der Waals surface area contributed by atoms with Crippen molar-refractivity contribution in [1.29, 1.82) is 0 Å². The second kappa shape index (κ2) is 7.38. The van der Waals surface area contributed by atoms with Crippen molar-refractivity contribution in [2.45, 2.75) is 17.7 Å². The standard InChI is InChI=1S/C17H19FN4O3S/c18-13-3-6-15(7-4-13)26(24,25)22-9-1-2-12(11-22)17(23)21-14-5-8-16(19)20-10-14/h3-8,10,12H,1-2,9,11H2,(H2,19,20)(H,21,23). The van der Waals surface area contributed by atoms with Crippen LogP contribution in [0.2, 0.25) is 0 Å². The SMILES string of the molecule is Nc1ccc(NC(=O)C2CCCN(S(=O)(=O)c3ccc(F)cc3)C2)cn1. The minimum Gasteiger partial charge on any atom is -0.384 e. The normalized spacial score (nSPS) is 18.4. The van der Waals surface area contributed by atoms with Gasteiger partial charge >= 0.3 is 0 Å². The molecule has 2 heterocycles. The molecule has 0 saturated carbocycles. The first-order valence-electron chi connectivity index (χ1n) is 8.14. The van der Waals surface area contributed by atoms with Gasteiger partial charge in [-0.2, -0.15) is 4.31 Å². The molecule has 3 N–H and O–H groups in total. The number of carbonyl (C=O) groups is 1. The fraction of sp³-hybridized carbons (Fsp3) is 0.294. The summed E-state index contributed by atoms with van der Waals surface area (Å²) in [5.41, 5.74) is 6.01. The Bertz CT molecular complexity index is 885. The maximum atomic E-state index is 13.0. The topological polar surface area (TPSA) is 105 Å². The smallest absolute Gasteiger partial charge is 0.243 e. The van der Waals surface area contributed by atoms with Gasteiger partial charge in [0.2, 0.25) is 15.9 Å². The molecule has 138 valence electrons. The number of amides is 1. The van der Waals surface area contributed by atoms with Crippen molar-refractivity contribution < 1.29 is 17.6 Å². The number of halogens is 1. The van der Waals surface area contributed by atoms with Crippen LogP contribution < -0.4 is 11.1 Å². The number of hydrogen-bond acceptors (Lipinski definition) is 5. The van der Waals surface area contributed by atoms with Gasteiger partial charge in [0, 0.05) is 13.1 Å². The molecule has 3 rings (SSSR count). The van der Waals surface area contributed by atoms with E-state index in [0.29, 0.717) is 30.9 Å². The van der Waals surface area contributed by atoms with Crippen molar-refractivity contribution in [2.24, 2.45) is 5.92 Å². The van der Waals surface area contributed by atoms with Crippen LogP contribution in [0.25, 0.3) is 0 Å². The molecule has 1 saturated heterocycles. The van der Waals surface area contributed by atoms with Crippen LogP contribution in [0.4, 0.5) is 15.9 Å². The Morgan fingerprint density at radius 3 is 2.62 bits per heavy atom. The number of nitrogens with two attached hydrogens (primary N) is 1. The summed E-state index contributed by atoms with van der Waals surface area (Å²) in [5, 5.41) is 2.73. The van der Waals surface area contributed by atoms with Crippen LogP contribution in [0.1, 0.15) is 12.8 Å². The highest BCUT2D eigenvalue weighted by Gasteiger charge is 2.33. The Balaban J connectivity index is 1.71. The number of nitrogens with zero attached hydrogens (tertiary/aromatic N) is 2. The van der Waals surface area contributed by atoms with E-state index < -0.39 is 21.8 Å². The molecule has 9 heteroatoms. The summed E-state index contributed by atoms with van der Waals surface area (Å²) in [5.74, 6) is -0.902. The largest absolute Gasteiger partial charge is 0.384 e. The monoisotopic (exact) mass is 378 g/mol. The van der Waals surface area contributed by atoms with E-state index in [1.54, 1.807) is 12.1 Å². The number of piperidine rings is 1. The van der Waals surface area contributed by atoms with E-state index in [1.165, 1.54) is 22.6 Å². The number of nitrogen functional groups attached to an aromatic ring is 1. The third-order valence-electron chi connectivity index (χ3n) is 4.26. The predicted molar refractivity (Wildman–Crippen MR) is 95.2 cm³/mol. The lowest BCUT2D eigenvalue weighted by atomic mass is 9.99. The molecule has 1 fully saturated rings. The Kier molecular flexibility index (Phi) is 5.19. The fourth-order valence-corrected chi connectivity index (χ4v) is 4.38. The van der Waals surface area contributed by atoms with Crippen LogP contribution in [0.3, 0.4) is 0 Å². The molecule has 0 radical (unpaired) electrons. The molecule has 26 heavy (non-hydrogen) atoms. The van der Waals surface area contributed by atoms with Crippen molar-refractivity contribution in [3.63, 3.8) is 0 Å². The molecule has 1 atom stereocenters. The molecule has 1 unspecified atom stereocenters. The highest BCUT2D eigenvalue weighted by molar-refractivity contribution is 7.89.